The number of hydrogen-bond donors (Lipinski definition) is 4. The molecule has 0 aromatic heterocycles. The van der Waals surface area contributed by atoms with Gasteiger partial charge in [0.25, 0.3) is 5.91 Å². The maximum absolute atomic E-state index is 13.5. The number of carbonyl (C=O) groups excluding carboxylic acids is 2. The Morgan fingerprint density at radius 2 is 1.36 bits per heavy atom. The third-order valence-corrected chi connectivity index (χ3v) is 6.37. The Morgan fingerprint density at radius 1 is 0.778 bits per heavy atom. The molecule has 2 atom stereocenters. The van der Waals surface area contributed by atoms with Gasteiger partial charge in [0.1, 0.15) is 6.04 Å². The zero-order valence-corrected chi connectivity index (χ0v) is 20.5. The van der Waals surface area contributed by atoms with Crippen molar-refractivity contribution >= 4 is 40.5 Å². The zero-order chi connectivity index (χ0) is 25.7. The average molecular weight is 482 g/mol. The molecule has 4 N–H and O–H groups in total. The van der Waals surface area contributed by atoms with Gasteiger partial charge in [0.2, 0.25) is 5.91 Å². The van der Waals surface area contributed by atoms with Crippen molar-refractivity contribution in [2.45, 2.75) is 38.7 Å². The highest BCUT2D eigenvalue weighted by Gasteiger charge is 2.30. The fourth-order valence-corrected chi connectivity index (χ4v) is 4.61. The Hall–Kier alpha value is -3.68. The highest BCUT2D eigenvalue weighted by atomic mass is 16.4. The standard InChI is InChI=1S/C29H31BN2O4/c1-19(2)17-27(30(35)36)32-29(34)26(18-22-13-7-11-20-9-3-5-14-23(20)22)31-28(33)25-16-8-12-21-10-4-6-15-24(21)25/h3-16,19,26-27,35-36H,17-18H2,1-2H3,(H,31,33)(H,32,34)/t26-,27-/m0/s1. The van der Waals surface area contributed by atoms with E-state index in [1.807, 2.05) is 92.7 Å². The predicted molar refractivity (Wildman–Crippen MR) is 144 cm³/mol. The van der Waals surface area contributed by atoms with Gasteiger partial charge < -0.3 is 20.7 Å². The van der Waals surface area contributed by atoms with E-state index in [2.05, 4.69) is 10.6 Å². The SMILES string of the molecule is CC(C)C[C@H](NC(=O)[C@H](Cc1cccc2ccccc12)NC(=O)c1cccc2ccccc12)B(O)O. The lowest BCUT2D eigenvalue weighted by Gasteiger charge is -2.25. The van der Waals surface area contributed by atoms with E-state index in [9.17, 15) is 19.6 Å². The summed E-state index contributed by atoms with van der Waals surface area (Å²) in [5.41, 5.74) is 1.39. The lowest BCUT2D eigenvalue weighted by molar-refractivity contribution is -0.123. The molecule has 4 rings (SSSR count). The summed E-state index contributed by atoms with van der Waals surface area (Å²) in [6.07, 6.45) is 0.640. The molecule has 0 heterocycles. The van der Waals surface area contributed by atoms with E-state index in [1.165, 1.54) is 0 Å². The van der Waals surface area contributed by atoms with Gasteiger partial charge in [0.05, 0.1) is 5.94 Å². The van der Waals surface area contributed by atoms with E-state index < -0.39 is 25.0 Å². The van der Waals surface area contributed by atoms with Crippen LogP contribution in [0.4, 0.5) is 0 Å². The normalized spacial score (nSPS) is 12.9. The topological polar surface area (TPSA) is 98.7 Å². The van der Waals surface area contributed by atoms with E-state index in [0.717, 1.165) is 27.1 Å². The summed E-state index contributed by atoms with van der Waals surface area (Å²) in [5.74, 6) is -1.53. The fraction of sp³-hybridized carbons (Fsp3) is 0.241. The summed E-state index contributed by atoms with van der Waals surface area (Å²) in [5, 5.41) is 29.2. The van der Waals surface area contributed by atoms with Crippen LogP contribution in [0.5, 0.6) is 0 Å². The first-order chi connectivity index (χ1) is 17.3. The number of rotatable bonds is 9. The maximum atomic E-state index is 13.5. The van der Waals surface area contributed by atoms with Gasteiger partial charge in [0, 0.05) is 12.0 Å². The highest BCUT2D eigenvalue weighted by molar-refractivity contribution is 6.43. The van der Waals surface area contributed by atoms with Gasteiger partial charge in [0.15, 0.2) is 0 Å². The fourth-order valence-electron chi connectivity index (χ4n) is 4.61. The van der Waals surface area contributed by atoms with Crippen molar-refractivity contribution < 1.29 is 19.6 Å². The molecular formula is C29H31BN2O4. The Labute approximate surface area is 211 Å². The minimum Gasteiger partial charge on any atom is -0.426 e. The summed E-state index contributed by atoms with van der Waals surface area (Å²) in [7, 11) is -1.71. The summed E-state index contributed by atoms with van der Waals surface area (Å²) < 4.78 is 0. The van der Waals surface area contributed by atoms with Crippen LogP contribution < -0.4 is 10.6 Å². The second-order valence-electron chi connectivity index (χ2n) is 9.55. The summed E-state index contributed by atoms with van der Waals surface area (Å²) in [4.78, 5) is 26.9. The molecule has 4 aromatic carbocycles. The Kier molecular flexibility index (Phi) is 8.03. The molecule has 0 saturated heterocycles. The number of hydrogen-bond acceptors (Lipinski definition) is 4. The van der Waals surface area contributed by atoms with Crippen molar-refractivity contribution in [1.29, 1.82) is 0 Å². The molecule has 0 bridgehead atoms. The largest absolute Gasteiger partial charge is 0.475 e. The van der Waals surface area contributed by atoms with Crippen LogP contribution in [0.3, 0.4) is 0 Å². The van der Waals surface area contributed by atoms with Crippen LogP contribution in [0, 0.1) is 5.92 Å². The van der Waals surface area contributed by atoms with E-state index in [0.29, 0.717) is 12.0 Å². The molecule has 0 fully saturated rings. The lowest BCUT2D eigenvalue weighted by atomic mass is 9.75. The molecule has 0 aliphatic carbocycles. The minimum atomic E-state index is -1.71. The number of fused-ring (bicyclic) bond motifs is 2. The number of amides is 2. The monoisotopic (exact) mass is 482 g/mol. The molecule has 0 aliphatic heterocycles. The molecule has 2 amide bonds. The Morgan fingerprint density at radius 3 is 2.03 bits per heavy atom. The molecular weight excluding hydrogens is 451 g/mol. The maximum Gasteiger partial charge on any atom is 0.475 e. The second kappa shape index (κ2) is 11.4. The molecule has 0 radical (unpaired) electrons. The lowest BCUT2D eigenvalue weighted by Crippen LogP contribution is -2.55. The first-order valence-electron chi connectivity index (χ1n) is 12.2. The van der Waals surface area contributed by atoms with Gasteiger partial charge in [-0.1, -0.05) is 92.7 Å². The van der Waals surface area contributed by atoms with E-state index in [4.69, 9.17) is 0 Å². The van der Waals surface area contributed by atoms with Crippen LogP contribution in [0.25, 0.3) is 21.5 Å². The first kappa shape index (κ1) is 25.4. The molecule has 7 heteroatoms. The van der Waals surface area contributed by atoms with Crippen LogP contribution in [0.1, 0.15) is 36.2 Å². The Bertz CT molecular complexity index is 1360. The minimum absolute atomic E-state index is 0.138. The zero-order valence-electron chi connectivity index (χ0n) is 20.5. The molecule has 0 saturated carbocycles. The summed E-state index contributed by atoms with van der Waals surface area (Å²) in [6, 6.07) is 25.9. The Balaban J connectivity index is 1.66. The van der Waals surface area contributed by atoms with E-state index >= 15 is 0 Å². The molecule has 0 spiro atoms. The van der Waals surface area contributed by atoms with Crippen LogP contribution in [-0.2, 0) is 11.2 Å². The van der Waals surface area contributed by atoms with Gasteiger partial charge in [-0.2, -0.15) is 0 Å². The van der Waals surface area contributed by atoms with E-state index in [-0.39, 0.29) is 18.2 Å². The quantitative estimate of drug-likeness (QED) is 0.272. The molecule has 184 valence electrons. The van der Waals surface area contributed by atoms with Crippen LogP contribution in [0.15, 0.2) is 84.9 Å². The van der Waals surface area contributed by atoms with Gasteiger partial charge >= 0.3 is 7.12 Å². The van der Waals surface area contributed by atoms with Crippen molar-refractivity contribution in [3.05, 3.63) is 96.1 Å². The molecule has 0 aliphatic rings. The summed E-state index contributed by atoms with van der Waals surface area (Å²) >= 11 is 0. The van der Waals surface area contributed by atoms with Crippen molar-refractivity contribution in [2.24, 2.45) is 5.92 Å². The van der Waals surface area contributed by atoms with Gasteiger partial charge in [-0.15, -0.1) is 0 Å². The smallest absolute Gasteiger partial charge is 0.426 e. The molecule has 4 aromatic rings. The van der Waals surface area contributed by atoms with Crippen molar-refractivity contribution in [3.8, 4) is 0 Å². The van der Waals surface area contributed by atoms with Gasteiger partial charge in [-0.3, -0.25) is 9.59 Å². The number of benzene rings is 4. The van der Waals surface area contributed by atoms with Gasteiger partial charge in [-0.05, 0) is 45.5 Å². The van der Waals surface area contributed by atoms with Crippen LogP contribution in [0.2, 0.25) is 0 Å². The van der Waals surface area contributed by atoms with Crippen molar-refractivity contribution in [3.63, 3.8) is 0 Å². The van der Waals surface area contributed by atoms with Crippen LogP contribution in [-0.4, -0.2) is 41.0 Å². The van der Waals surface area contributed by atoms with Crippen molar-refractivity contribution in [1.82, 2.24) is 10.6 Å². The van der Waals surface area contributed by atoms with Crippen LogP contribution >= 0.6 is 0 Å². The molecule has 6 nitrogen and oxygen atoms in total. The molecule has 0 unspecified atom stereocenters. The van der Waals surface area contributed by atoms with Gasteiger partial charge in [-0.25, -0.2) is 0 Å². The number of nitrogens with one attached hydrogen (secondary N) is 2. The predicted octanol–water partition coefficient (Wildman–Crippen LogP) is 3.88. The highest BCUT2D eigenvalue weighted by Crippen LogP contribution is 2.22. The average Bonchev–Trinajstić information content (AvgIpc) is 2.87. The van der Waals surface area contributed by atoms with Crippen molar-refractivity contribution in [2.75, 3.05) is 0 Å². The van der Waals surface area contributed by atoms with E-state index in [1.54, 1.807) is 6.07 Å². The first-order valence-corrected chi connectivity index (χ1v) is 12.2. The third kappa shape index (κ3) is 5.93. The summed E-state index contributed by atoms with van der Waals surface area (Å²) in [6.45, 7) is 3.88. The third-order valence-electron chi connectivity index (χ3n) is 6.37. The molecule has 36 heavy (non-hydrogen) atoms. The second-order valence-corrected chi connectivity index (χ2v) is 9.55. The number of carbonyl (C=O) groups is 2.